The second-order valence-corrected chi connectivity index (χ2v) is 12.0. The van der Waals surface area contributed by atoms with E-state index in [1.807, 2.05) is 96.1 Å². The molecule has 1 unspecified atom stereocenters. The Balaban J connectivity index is 1.95. The van der Waals surface area contributed by atoms with Crippen LogP contribution in [0.2, 0.25) is 0 Å². The lowest BCUT2D eigenvalue weighted by molar-refractivity contribution is -0.152. The molecule has 38 heavy (non-hydrogen) atoms. The van der Waals surface area contributed by atoms with Crippen LogP contribution in [0.25, 0.3) is 11.1 Å². The van der Waals surface area contributed by atoms with Crippen molar-refractivity contribution >= 4 is 17.9 Å². The SMILES string of the molecule is COC(=O)[C@@H]1C[C@@](OC)(c2ccc(-c3ccccc3)cc2)CN1C(=O)C(NC(=O)NC(C)(C)C)C(C)(C)C. The van der Waals surface area contributed by atoms with Crippen molar-refractivity contribution in [1.82, 2.24) is 15.5 Å². The summed E-state index contributed by atoms with van der Waals surface area (Å²) in [6.45, 7) is 11.4. The predicted octanol–water partition coefficient (Wildman–Crippen LogP) is 4.48. The van der Waals surface area contributed by atoms with Crippen LogP contribution < -0.4 is 10.6 Å². The highest BCUT2D eigenvalue weighted by molar-refractivity contribution is 5.92. The minimum absolute atomic E-state index is 0.141. The number of urea groups is 1. The number of esters is 1. The van der Waals surface area contributed by atoms with Gasteiger partial charge in [0.05, 0.1) is 13.7 Å². The lowest BCUT2D eigenvalue weighted by atomic mass is 9.85. The van der Waals surface area contributed by atoms with Gasteiger partial charge in [0.25, 0.3) is 0 Å². The standard InChI is InChI=1S/C30H41N3O5/c1-28(2,3)24(31-27(36)32-29(4,5)6)25(34)33-19-30(38-8,18-23(33)26(35)37-7)22-16-14-21(15-17-22)20-12-10-9-11-13-20/h9-17,23-24H,18-19H2,1-8H3,(H2,31,32,36)/t23-,24?,30-/m0/s1. The van der Waals surface area contributed by atoms with E-state index in [0.29, 0.717) is 0 Å². The molecule has 0 spiro atoms. The molecule has 8 heteroatoms. The van der Waals surface area contributed by atoms with Crippen molar-refractivity contribution < 1.29 is 23.9 Å². The summed E-state index contributed by atoms with van der Waals surface area (Å²) in [6, 6.07) is 15.8. The first-order valence-corrected chi connectivity index (χ1v) is 12.9. The molecule has 2 aromatic carbocycles. The Hall–Kier alpha value is -3.39. The number of methoxy groups -OCH3 is 2. The van der Waals surface area contributed by atoms with Gasteiger partial charge in [0.1, 0.15) is 17.7 Å². The second-order valence-electron chi connectivity index (χ2n) is 12.0. The Bertz CT molecular complexity index is 1140. The van der Waals surface area contributed by atoms with Crippen LogP contribution >= 0.6 is 0 Å². The highest BCUT2D eigenvalue weighted by Crippen LogP contribution is 2.41. The zero-order chi connectivity index (χ0) is 28.3. The summed E-state index contributed by atoms with van der Waals surface area (Å²) in [5.74, 6) is -0.887. The Kier molecular flexibility index (Phi) is 8.56. The fourth-order valence-electron chi connectivity index (χ4n) is 4.84. The lowest BCUT2D eigenvalue weighted by Gasteiger charge is -2.36. The maximum absolute atomic E-state index is 14.0. The summed E-state index contributed by atoms with van der Waals surface area (Å²) < 4.78 is 11.1. The molecule has 1 saturated heterocycles. The zero-order valence-corrected chi connectivity index (χ0v) is 23.8. The van der Waals surface area contributed by atoms with Crippen LogP contribution in [0.3, 0.4) is 0 Å². The van der Waals surface area contributed by atoms with Crippen LogP contribution in [0, 0.1) is 5.41 Å². The molecule has 1 aliphatic heterocycles. The molecule has 206 valence electrons. The van der Waals surface area contributed by atoms with E-state index in [4.69, 9.17) is 9.47 Å². The summed E-state index contributed by atoms with van der Waals surface area (Å²) in [7, 11) is 2.90. The van der Waals surface area contributed by atoms with Gasteiger partial charge in [-0.1, -0.05) is 75.4 Å². The molecule has 3 amide bonds. The number of benzene rings is 2. The molecule has 0 aromatic heterocycles. The second kappa shape index (κ2) is 11.2. The van der Waals surface area contributed by atoms with E-state index in [-0.39, 0.29) is 18.9 Å². The molecule has 0 bridgehead atoms. The Morgan fingerprint density at radius 3 is 2.00 bits per heavy atom. The number of nitrogens with zero attached hydrogens (tertiary/aromatic N) is 1. The molecule has 0 aliphatic carbocycles. The maximum atomic E-state index is 14.0. The Morgan fingerprint density at radius 2 is 1.50 bits per heavy atom. The average Bonchev–Trinajstić information content (AvgIpc) is 3.27. The normalized spacial score (nSPS) is 20.5. The molecule has 8 nitrogen and oxygen atoms in total. The quantitative estimate of drug-likeness (QED) is 0.544. The summed E-state index contributed by atoms with van der Waals surface area (Å²) in [4.78, 5) is 41.2. The molecule has 2 N–H and O–H groups in total. The van der Waals surface area contributed by atoms with E-state index in [1.54, 1.807) is 7.11 Å². The first-order chi connectivity index (χ1) is 17.7. The van der Waals surface area contributed by atoms with E-state index in [2.05, 4.69) is 10.6 Å². The molecule has 3 atom stereocenters. The highest BCUT2D eigenvalue weighted by Gasteiger charge is 2.53. The summed E-state index contributed by atoms with van der Waals surface area (Å²) in [5, 5.41) is 5.69. The van der Waals surface area contributed by atoms with Gasteiger partial charge in [-0.05, 0) is 42.9 Å². The van der Waals surface area contributed by atoms with Gasteiger partial charge in [-0.15, -0.1) is 0 Å². The van der Waals surface area contributed by atoms with Crippen LogP contribution in [-0.2, 0) is 24.7 Å². The third-order valence-corrected chi connectivity index (χ3v) is 6.87. The average molecular weight is 524 g/mol. The fourth-order valence-corrected chi connectivity index (χ4v) is 4.84. The summed E-state index contributed by atoms with van der Waals surface area (Å²) in [6.07, 6.45) is 0.234. The van der Waals surface area contributed by atoms with E-state index >= 15 is 0 Å². The number of likely N-dealkylation sites (tertiary alicyclic amines) is 1. The monoisotopic (exact) mass is 523 g/mol. The largest absolute Gasteiger partial charge is 0.467 e. The third-order valence-electron chi connectivity index (χ3n) is 6.87. The molecule has 1 aliphatic rings. The minimum atomic E-state index is -0.917. The minimum Gasteiger partial charge on any atom is -0.467 e. The van der Waals surface area contributed by atoms with Gasteiger partial charge < -0.3 is 25.0 Å². The van der Waals surface area contributed by atoms with Gasteiger partial charge >= 0.3 is 12.0 Å². The Morgan fingerprint density at radius 1 is 0.921 bits per heavy atom. The number of rotatable bonds is 6. The van der Waals surface area contributed by atoms with E-state index in [9.17, 15) is 14.4 Å². The lowest BCUT2D eigenvalue weighted by Crippen LogP contribution is -2.60. The van der Waals surface area contributed by atoms with Gasteiger partial charge in [-0.2, -0.15) is 0 Å². The number of hydrogen-bond donors (Lipinski definition) is 2. The molecular formula is C30H41N3O5. The molecule has 1 fully saturated rings. The molecule has 1 heterocycles. The van der Waals surface area contributed by atoms with Crippen molar-refractivity contribution in [3.63, 3.8) is 0 Å². The maximum Gasteiger partial charge on any atom is 0.328 e. The highest BCUT2D eigenvalue weighted by atomic mass is 16.5. The van der Waals surface area contributed by atoms with E-state index in [1.165, 1.54) is 12.0 Å². The molecular weight excluding hydrogens is 482 g/mol. The first-order valence-electron chi connectivity index (χ1n) is 12.9. The van der Waals surface area contributed by atoms with Crippen molar-refractivity contribution in [3.05, 3.63) is 60.2 Å². The van der Waals surface area contributed by atoms with Crippen molar-refractivity contribution in [3.8, 4) is 11.1 Å². The van der Waals surface area contributed by atoms with E-state index < -0.39 is 40.6 Å². The third kappa shape index (κ3) is 6.54. The van der Waals surface area contributed by atoms with Crippen LogP contribution in [0.15, 0.2) is 54.6 Å². The first kappa shape index (κ1) is 29.2. The summed E-state index contributed by atoms with van der Waals surface area (Å²) in [5.41, 5.74) is 0.985. The smallest absolute Gasteiger partial charge is 0.328 e. The van der Waals surface area contributed by atoms with Crippen molar-refractivity contribution in [2.45, 2.75) is 71.2 Å². The van der Waals surface area contributed by atoms with Crippen LogP contribution in [0.5, 0.6) is 0 Å². The predicted molar refractivity (Wildman–Crippen MR) is 147 cm³/mol. The number of amides is 3. The van der Waals surface area contributed by atoms with Crippen LogP contribution in [0.1, 0.15) is 53.5 Å². The summed E-state index contributed by atoms with van der Waals surface area (Å²) >= 11 is 0. The van der Waals surface area contributed by atoms with Crippen molar-refractivity contribution in [2.24, 2.45) is 5.41 Å². The van der Waals surface area contributed by atoms with Gasteiger partial charge in [0.15, 0.2) is 0 Å². The molecule has 3 rings (SSSR count). The molecule has 0 radical (unpaired) electrons. The van der Waals surface area contributed by atoms with Crippen LogP contribution in [0.4, 0.5) is 4.79 Å². The van der Waals surface area contributed by atoms with E-state index in [0.717, 1.165) is 16.7 Å². The number of nitrogens with one attached hydrogen (secondary N) is 2. The van der Waals surface area contributed by atoms with Crippen molar-refractivity contribution in [2.75, 3.05) is 20.8 Å². The van der Waals surface area contributed by atoms with Gasteiger partial charge in [0.2, 0.25) is 5.91 Å². The van der Waals surface area contributed by atoms with Crippen molar-refractivity contribution in [1.29, 1.82) is 0 Å². The van der Waals surface area contributed by atoms with Gasteiger partial charge in [-0.3, -0.25) is 4.79 Å². The van der Waals surface area contributed by atoms with Crippen LogP contribution in [-0.4, -0.2) is 61.2 Å². The zero-order valence-electron chi connectivity index (χ0n) is 23.8. The number of hydrogen-bond acceptors (Lipinski definition) is 5. The number of ether oxygens (including phenoxy) is 2. The topological polar surface area (TPSA) is 97.0 Å². The van der Waals surface area contributed by atoms with Gasteiger partial charge in [-0.25, -0.2) is 9.59 Å². The molecule has 2 aromatic rings. The Labute approximate surface area is 226 Å². The molecule has 0 saturated carbocycles. The fraction of sp³-hybridized carbons (Fsp3) is 0.500. The van der Waals surface area contributed by atoms with Gasteiger partial charge in [0, 0.05) is 19.1 Å². The number of carbonyl (C=O) groups is 3. The number of carbonyl (C=O) groups excluding carboxylic acids is 3.